The molecule has 1 N–H and O–H groups in total. The van der Waals surface area contributed by atoms with Crippen molar-refractivity contribution in [3.8, 4) is 0 Å². The van der Waals surface area contributed by atoms with Crippen molar-refractivity contribution in [2.24, 2.45) is 0 Å². The normalized spacial score (nSPS) is 23.2. The minimum atomic E-state index is -0.789. The number of hydrogen-bond acceptors (Lipinski definition) is 4. The summed E-state index contributed by atoms with van der Waals surface area (Å²) in [6.45, 7) is 10.6. The Bertz CT molecular complexity index is 395. The van der Waals surface area contributed by atoms with Gasteiger partial charge in [-0.3, -0.25) is 4.21 Å². The summed E-state index contributed by atoms with van der Waals surface area (Å²) < 4.78 is 16.7. The van der Waals surface area contributed by atoms with E-state index >= 15 is 0 Å². The maximum Gasteiger partial charge on any atom is 0.410 e. The fourth-order valence-electron chi connectivity index (χ4n) is 3.00. The van der Waals surface area contributed by atoms with Crippen LogP contribution in [-0.4, -0.2) is 57.5 Å². The van der Waals surface area contributed by atoms with Crippen molar-refractivity contribution >= 4 is 16.9 Å². The predicted molar refractivity (Wildman–Crippen MR) is 91.6 cm³/mol. The molecule has 0 bridgehead atoms. The number of carbonyl (C=O) groups is 1. The second-order valence-corrected chi connectivity index (χ2v) is 8.89. The average Bonchev–Trinajstić information content (AvgIpc) is 2.72. The first-order valence-electron chi connectivity index (χ1n) is 8.14. The van der Waals surface area contributed by atoms with Crippen molar-refractivity contribution in [2.45, 2.75) is 77.6 Å². The van der Waals surface area contributed by atoms with Crippen LogP contribution in [0.15, 0.2) is 0 Å². The number of likely N-dealkylation sites (tertiary alicyclic amines) is 1. The van der Waals surface area contributed by atoms with Gasteiger partial charge in [0.1, 0.15) is 5.60 Å². The lowest BCUT2D eigenvalue weighted by molar-refractivity contribution is 0.0214. The molecule has 0 saturated carbocycles. The minimum absolute atomic E-state index is 0.204. The molecule has 1 rings (SSSR count). The lowest BCUT2D eigenvalue weighted by Gasteiger charge is -2.30. The third kappa shape index (κ3) is 7.09. The summed E-state index contributed by atoms with van der Waals surface area (Å²) >= 11 is 0. The minimum Gasteiger partial charge on any atom is -0.444 e. The first-order valence-corrected chi connectivity index (χ1v) is 9.87. The molecule has 1 aliphatic rings. The van der Waals surface area contributed by atoms with Crippen LogP contribution in [0.5, 0.6) is 0 Å². The van der Waals surface area contributed by atoms with Crippen LogP contribution in [-0.2, 0) is 15.5 Å². The Labute approximate surface area is 137 Å². The fraction of sp³-hybridized carbons (Fsp3) is 0.938. The van der Waals surface area contributed by atoms with E-state index in [2.05, 4.69) is 19.2 Å². The van der Waals surface area contributed by atoms with Gasteiger partial charge in [-0.2, -0.15) is 0 Å². The molecule has 1 aliphatic heterocycles. The highest BCUT2D eigenvalue weighted by molar-refractivity contribution is 7.84. The van der Waals surface area contributed by atoms with E-state index in [1.165, 1.54) is 0 Å². The molecular weight excluding hydrogens is 300 g/mol. The highest BCUT2D eigenvalue weighted by Crippen LogP contribution is 2.24. The number of carbonyl (C=O) groups excluding carboxylic acids is 1. The molecular formula is C16H32N2O3S. The Morgan fingerprint density at radius 1 is 1.36 bits per heavy atom. The van der Waals surface area contributed by atoms with Crippen molar-refractivity contribution in [1.29, 1.82) is 0 Å². The third-order valence-corrected chi connectivity index (χ3v) is 4.65. The summed E-state index contributed by atoms with van der Waals surface area (Å²) in [5.74, 6) is 0.658. The summed E-state index contributed by atoms with van der Waals surface area (Å²) in [4.78, 5) is 14.1. The number of nitrogens with one attached hydrogen (secondary N) is 1. The van der Waals surface area contributed by atoms with Gasteiger partial charge in [0.05, 0.1) is 0 Å². The molecule has 22 heavy (non-hydrogen) atoms. The molecule has 0 aromatic rings. The largest absolute Gasteiger partial charge is 0.444 e. The Balaban J connectivity index is 2.49. The summed E-state index contributed by atoms with van der Waals surface area (Å²) in [6.07, 6.45) is 4.49. The van der Waals surface area contributed by atoms with Crippen LogP contribution in [0.4, 0.5) is 4.79 Å². The van der Waals surface area contributed by atoms with E-state index in [1.54, 1.807) is 6.26 Å². The fourth-order valence-corrected chi connectivity index (χ4v) is 3.80. The Hall–Kier alpha value is -0.620. The Morgan fingerprint density at radius 2 is 2.00 bits per heavy atom. The standard InChI is InChI=1S/C16H32N2O3S/c1-12(17-13(2)11-22(6)20)10-14-8-7-9-18(14)15(19)21-16(3,4)5/h12-14,17H,7-11H2,1-6H3. The number of ether oxygens (including phenoxy) is 1. The van der Waals surface area contributed by atoms with E-state index in [0.29, 0.717) is 5.75 Å². The molecule has 130 valence electrons. The second-order valence-electron chi connectivity index (χ2n) is 7.41. The molecule has 1 heterocycles. The lowest BCUT2D eigenvalue weighted by Crippen LogP contribution is -2.44. The van der Waals surface area contributed by atoms with Crippen LogP contribution in [0.25, 0.3) is 0 Å². The van der Waals surface area contributed by atoms with Crippen molar-refractivity contribution in [3.05, 3.63) is 0 Å². The number of amides is 1. The Morgan fingerprint density at radius 3 is 2.55 bits per heavy atom. The molecule has 0 aliphatic carbocycles. The second kappa shape index (κ2) is 8.29. The lowest BCUT2D eigenvalue weighted by atomic mass is 10.1. The van der Waals surface area contributed by atoms with Gasteiger partial charge in [0.15, 0.2) is 0 Å². The molecule has 5 nitrogen and oxygen atoms in total. The summed E-state index contributed by atoms with van der Waals surface area (Å²) in [6, 6.07) is 0.737. The Kier molecular flexibility index (Phi) is 7.32. The van der Waals surface area contributed by atoms with E-state index in [0.717, 1.165) is 25.8 Å². The highest BCUT2D eigenvalue weighted by atomic mass is 32.2. The van der Waals surface area contributed by atoms with E-state index < -0.39 is 16.4 Å². The zero-order valence-corrected chi connectivity index (χ0v) is 15.7. The van der Waals surface area contributed by atoms with Crippen LogP contribution in [0.2, 0.25) is 0 Å². The van der Waals surface area contributed by atoms with Gasteiger partial charge in [-0.1, -0.05) is 0 Å². The predicted octanol–water partition coefficient (Wildman–Crippen LogP) is 2.52. The van der Waals surface area contributed by atoms with Gasteiger partial charge < -0.3 is 15.0 Å². The number of rotatable bonds is 6. The van der Waals surface area contributed by atoms with Crippen molar-refractivity contribution < 1.29 is 13.7 Å². The molecule has 4 unspecified atom stereocenters. The van der Waals surface area contributed by atoms with Crippen molar-refractivity contribution in [3.63, 3.8) is 0 Å². The molecule has 0 spiro atoms. The molecule has 1 amide bonds. The molecule has 4 atom stereocenters. The van der Waals surface area contributed by atoms with Crippen LogP contribution >= 0.6 is 0 Å². The third-order valence-electron chi connectivity index (χ3n) is 3.68. The molecule has 1 fully saturated rings. The van der Waals surface area contributed by atoms with Gasteiger partial charge in [-0.05, 0) is 53.9 Å². The number of hydrogen-bond donors (Lipinski definition) is 1. The van der Waals surface area contributed by atoms with Gasteiger partial charge in [0, 0.05) is 47.5 Å². The van der Waals surface area contributed by atoms with Crippen LogP contribution in [0.3, 0.4) is 0 Å². The van der Waals surface area contributed by atoms with Gasteiger partial charge in [-0.15, -0.1) is 0 Å². The SMILES string of the molecule is CC(CC1CCCN1C(=O)OC(C)(C)C)NC(C)CS(C)=O. The number of nitrogens with zero attached hydrogens (tertiary/aromatic N) is 1. The first kappa shape index (κ1) is 19.4. The van der Waals surface area contributed by atoms with E-state index in [1.807, 2.05) is 25.7 Å². The molecule has 6 heteroatoms. The van der Waals surface area contributed by atoms with Crippen LogP contribution < -0.4 is 5.32 Å². The monoisotopic (exact) mass is 332 g/mol. The van der Waals surface area contributed by atoms with Crippen LogP contribution in [0, 0.1) is 0 Å². The van der Waals surface area contributed by atoms with Crippen molar-refractivity contribution in [1.82, 2.24) is 10.2 Å². The molecule has 0 aromatic heterocycles. The van der Waals surface area contributed by atoms with Crippen molar-refractivity contribution in [2.75, 3.05) is 18.6 Å². The van der Waals surface area contributed by atoms with E-state index in [-0.39, 0.29) is 24.2 Å². The van der Waals surface area contributed by atoms with E-state index in [4.69, 9.17) is 4.74 Å². The van der Waals surface area contributed by atoms with Gasteiger partial charge in [0.25, 0.3) is 0 Å². The quantitative estimate of drug-likeness (QED) is 0.812. The van der Waals surface area contributed by atoms with Gasteiger partial charge in [-0.25, -0.2) is 4.79 Å². The zero-order chi connectivity index (χ0) is 16.9. The first-order chi connectivity index (χ1) is 10.1. The van der Waals surface area contributed by atoms with Gasteiger partial charge >= 0.3 is 6.09 Å². The molecule has 0 radical (unpaired) electrons. The average molecular weight is 333 g/mol. The maximum absolute atomic E-state index is 12.3. The highest BCUT2D eigenvalue weighted by Gasteiger charge is 2.33. The molecule has 0 aromatic carbocycles. The van der Waals surface area contributed by atoms with E-state index in [9.17, 15) is 9.00 Å². The summed E-state index contributed by atoms with van der Waals surface area (Å²) in [7, 11) is -0.789. The maximum atomic E-state index is 12.3. The van der Waals surface area contributed by atoms with Gasteiger partial charge in [0.2, 0.25) is 0 Å². The summed E-state index contributed by atoms with van der Waals surface area (Å²) in [5.41, 5.74) is -0.451. The van der Waals surface area contributed by atoms with Crippen LogP contribution in [0.1, 0.15) is 53.9 Å². The smallest absolute Gasteiger partial charge is 0.410 e. The topological polar surface area (TPSA) is 58.6 Å². The molecule has 1 saturated heterocycles. The zero-order valence-electron chi connectivity index (χ0n) is 14.8. The summed E-state index contributed by atoms with van der Waals surface area (Å²) in [5, 5.41) is 3.47.